The molecule has 0 heterocycles. The lowest BCUT2D eigenvalue weighted by Gasteiger charge is -2.13. The van der Waals surface area contributed by atoms with Crippen LogP contribution in [0.15, 0.2) is 12.1 Å². The summed E-state index contributed by atoms with van der Waals surface area (Å²) in [5.74, 6) is 1.84. The molecule has 0 atom stereocenters. The van der Waals surface area contributed by atoms with Gasteiger partial charge in [-0.15, -0.1) is 0 Å². The molecule has 2 nitrogen and oxygen atoms in total. The number of hydrogen-bond donors (Lipinski definition) is 1. The molecule has 2 N–H and O–H groups in total. The molecule has 2 heteroatoms. The molecule has 1 fully saturated rings. The van der Waals surface area contributed by atoms with Gasteiger partial charge in [-0.05, 0) is 37.3 Å². The largest absolute Gasteiger partial charge is 0.493 e. The van der Waals surface area contributed by atoms with Crippen LogP contribution in [0.4, 0.5) is 5.69 Å². The van der Waals surface area contributed by atoms with Gasteiger partial charge in [0.15, 0.2) is 0 Å². The van der Waals surface area contributed by atoms with Gasteiger partial charge in [-0.3, -0.25) is 0 Å². The maximum Gasteiger partial charge on any atom is 0.124 e. The fourth-order valence-corrected chi connectivity index (χ4v) is 2.64. The molecule has 1 aliphatic carbocycles. The molecule has 0 spiro atoms. The molecule has 1 aliphatic rings. The maximum absolute atomic E-state index is 5.90. The van der Waals surface area contributed by atoms with Crippen molar-refractivity contribution in [3.8, 4) is 5.75 Å². The minimum atomic E-state index is 0.825. The fourth-order valence-electron chi connectivity index (χ4n) is 2.64. The number of ether oxygens (including phenoxy) is 1. The van der Waals surface area contributed by atoms with Gasteiger partial charge in [0.2, 0.25) is 0 Å². The number of rotatable bonds is 4. The van der Waals surface area contributed by atoms with Crippen LogP contribution in [-0.4, -0.2) is 6.61 Å². The van der Waals surface area contributed by atoms with Gasteiger partial charge in [-0.2, -0.15) is 0 Å². The quantitative estimate of drug-likeness (QED) is 0.802. The zero-order valence-electron chi connectivity index (χ0n) is 11.0. The van der Waals surface area contributed by atoms with Crippen molar-refractivity contribution in [1.29, 1.82) is 0 Å². The summed E-state index contributed by atoms with van der Waals surface area (Å²) in [4.78, 5) is 0. The van der Waals surface area contributed by atoms with Crippen molar-refractivity contribution >= 4 is 5.69 Å². The van der Waals surface area contributed by atoms with Gasteiger partial charge >= 0.3 is 0 Å². The van der Waals surface area contributed by atoms with Crippen LogP contribution in [-0.2, 0) is 0 Å². The first-order chi connectivity index (χ1) is 8.16. The van der Waals surface area contributed by atoms with Crippen LogP contribution in [0.2, 0.25) is 0 Å². The molecule has 17 heavy (non-hydrogen) atoms. The standard InChI is InChI=1S/C15H23NO/c1-11-9-12(2)15(10-14(11)16)17-8-7-13-5-3-4-6-13/h9-10,13H,3-8,16H2,1-2H3. The van der Waals surface area contributed by atoms with Crippen molar-refractivity contribution in [1.82, 2.24) is 0 Å². The van der Waals surface area contributed by atoms with Crippen LogP contribution >= 0.6 is 0 Å². The zero-order valence-corrected chi connectivity index (χ0v) is 11.0. The fraction of sp³-hybridized carbons (Fsp3) is 0.600. The molecule has 0 saturated heterocycles. The van der Waals surface area contributed by atoms with E-state index in [0.717, 1.165) is 29.5 Å². The molecule has 1 saturated carbocycles. The average molecular weight is 233 g/mol. The highest BCUT2D eigenvalue weighted by atomic mass is 16.5. The zero-order chi connectivity index (χ0) is 12.3. The van der Waals surface area contributed by atoms with Crippen LogP contribution in [0, 0.1) is 19.8 Å². The van der Waals surface area contributed by atoms with Crippen LogP contribution in [0.5, 0.6) is 5.75 Å². The van der Waals surface area contributed by atoms with Gasteiger partial charge in [0, 0.05) is 11.8 Å². The number of anilines is 1. The van der Waals surface area contributed by atoms with Crippen molar-refractivity contribution < 1.29 is 4.74 Å². The molecule has 0 unspecified atom stereocenters. The Bertz CT molecular complexity index is 381. The first-order valence-electron chi connectivity index (χ1n) is 6.66. The SMILES string of the molecule is Cc1cc(C)c(OCCC2CCCC2)cc1N. The topological polar surface area (TPSA) is 35.2 Å². The summed E-state index contributed by atoms with van der Waals surface area (Å²) in [6, 6.07) is 4.06. The second-order valence-electron chi connectivity index (χ2n) is 5.26. The van der Waals surface area contributed by atoms with Crippen molar-refractivity contribution in [2.75, 3.05) is 12.3 Å². The Morgan fingerprint density at radius 3 is 2.59 bits per heavy atom. The van der Waals surface area contributed by atoms with Gasteiger partial charge in [0.1, 0.15) is 5.75 Å². The number of nitrogen functional groups attached to an aromatic ring is 1. The second kappa shape index (κ2) is 5.44. The first-order valence-corrected chi connectivity index (χ1v) is 6.66. The highest BCUT2D eigenvalue weighted by Crippen LogP contribution is 2.29. The molecule has 0 aromatic heterocycles. The third kappa shape index (κ3) is 3.15. The van der Waals surface area contributed by atoms with E-state index in [1.165, 1.54) is 37.7 Å². The number of benzene rings is 1. The molecule has 94 valence electrons. The van der Waals surface area contributed by atoms with Crippen LogP contribution in [0.3, 0.4) is 0 Å². The monoisotopic (exact) mass is 233 g/mol. The van der Waals surface area contributed by atoms with Gasteiger partial charge in [0.05, 0.1) is 6.61 Å². The molecular weight excluding hydrogens is 210 g/mol. The predicted molar refractivity (Wildman–Crippen MR) is 72.4 cm³/mol. The lowest BCUT2D eigenvalue weighted by Crippen LogP contribution is -2.05. The summed E-state index contributed by atoms with van der Waals surface area (Å²) >= 11 is 0. The summed E-state index contributed by atoms with van der Waals surface area (Å²) < 4.78 is 5.85. The van der Waals surface area contributed by atoms with Crippen LogP contribution in [0.25, 0.3) is 0 Å². The Morgan fingerprint density at radius 1 is 1.18 bits per heavy atom. The van der Waals surface area contributed by atoms with Gasteiger partial charge in [-0.25, -0.2) is 0 Å². The van der Waals surface area contributed by atoms with E-state index in [-0.39, 0.29) is 0 Å². The van der Waals surface area contributed by atoms with E-state index in [2.05, 4.69) is 13.0 Å². The minimum Gasteiger partial charge on any atom is -0.493 e. The van der Waals surface area contributed by atoms with E-state index < -0.39 is 0 Å². The molecule has 0 aliphatic heterocycles. The Hall–Kier alpha value is -1.18. The number of aryl methyl sites for hydroxylation is 2. The molecule has 0 radical (unpaired) electrons. The van der Waals surface area contributed by atoms with Gasteiger partial charge in [-0.1, -0.05) is 31.7 Å². The Kier molecular flexibility index (Phi) is 3.93. The van der Waals surface area contributed by atoms with Gasteiger partial charge in [0.25, 0.3) is 0 Å². The summed E-state index contributed by atoms with van der Waals surface area (Å²) in [6.07, 6.45) is 6.77. The molecule has 1 aromatic rings. The molecule has 0 amide bonds. The molecular formula is C15H23NO. The number of hydrogen-bond acceptors (Lipinski definition) is 2. The van der Waals surface area contributed by atoms with Crippen molar-refractivity contribution in [3.05, 3.63) is 23.3 Å². The normalized spacial score (nSPS) is 16.4. The average Bonchev–Trinajstić information content (AvgIpc) is 2.78. The molecule has 1 aromatic carbocycles. The van der Waals surface area contributed by atoms with E-state index in [4.69, 9.17) is 10.5 Å². The predicted octanol–water partition coefficient (Wildman–Crippen LogP) is 3.84. The van der Waals surface area contributed by atoms with Crippen LogP contribution < -0.4 is 10.5 Å². The van der Waals surface area contributed by atoms with Crippen molar-refractivity contribution in [3.63, 3.8) is 0 Å². The summed E-state index contributed by atoms with van der Waals surface area (Å²) in [6.45, 7) is 4.94. The maximum atomic E-state index is 5.90. The Morgan fingerprint density at radius 2 is 1.88 bits per heavy atom. The summed E-state index contributed by atoms with van der Waals surface area (Å²) in [5, 5.41) is 0. The van der Waals surface area contributed by atoms with E-state index in [0.29, 0.717) is 0 Å². The van der Waals surface area contributed by atoms with E-state index in [1.807, 2.05) is 13.0 Å². The third-order valence-electron chi connectivity index (χ3n) is 3.82. The summed E-state index contributed by atoms with van der Waals surface area (Å²) in [7, 11) is 0. The summed E-state index contributed by atoms with van der Waals surface area (Å²) in [5.41, 5.74) is 9.04. The highest BCUT2D eigenvalue weighted by Gasteiger charge is 2.14. The molecule has 2 rings (SSSR count). The van der Waals surface area contributed by atoms with Crippen LogP contribution in [0.1, 0.15) is 43.2 Å². The third-order valence-corrected chi connectivity index (χ3v) is 3.82. The lowest BCUT2D eigenvalue weighted by molar-refractivity contribution is 0.278. The molecule has 0 bridgehead atoms. The van der Waals surface area contributed by atoms with E-state index in [1.54, 1.807) is 0 Å². The first kappa shape index (κ1) is 12.3. The second-order valence-corrected chi connectivity index (χ2v) is 5.26. The Balaban J connectivity index is 1.87. The highest BCUT2D eigenvalue weighted by molar-refractivity contribution is 5.54. The smallest absolute Gasteiger partial charge is 0.124 e. The van der Waals surface area contributed by atoms with Crippen molar-refractivity contribution in [2.45, 2.75) is 46.0 Å². The van der Waals surface area contributed by atoms with E-state index in [9.17, 15) is 0 Å². The minimum absolute atomic E-state index is 0.825. The van der Waals surface area contributed by atoms with E-state index >= 15 is 0 Å². The van der Waals surface area contributed by atoms with Crippen molar-refractivity contribution in [2.24, 2.45) is 5.92 Å². The lowest BCUT2D eigenvalue weighted by atomic mass is 10.1. The van der Waals surface area contributed by atoms with Gasteiger partial charge < -0.3 is 10.5 Å². The Labute approximate surface area is 104 Å². The number of nitrogens with two attached hydrogens (primary N) is 1.